The average molecular weight is 802 g/mol. The molecular weight excluding hydrogens is 751 g/mol. The number of aromatic hydroxyl groups is 1. The molecule has 0 saturated carbocycles. The number of carbonyl (C=O) groups is 1. The lowest BCUT2D eigenvalue weighted by Crippen LogP contribution is -2.48. The number of fused-ring (bicyclic) bond motifs is 1. The number of rotatable bonds is 17. The number of anilines is 1. The molecule has 0 aliphatic carbocycles. The summed E-state index contributed by atoms with van der Waals surface area (Å²) < 4.78 is 30.2. The maximum atomic E-state index is 13.8. The minimum atomic E-state index is -0.316. The second-order valence-electron chi connectivity index (χ2n) is 14.5. The Bertz CT molecular complexity index is 2340. The van der Waals surface area contributed by atoms with E-state index < -0.39 is 0 Å². The van der Waals surface area contributed by atoms with Crippen LogP contribution in [0.15, 0.2) is 84.9 Å². The molecule has 14 nitrogen and oxygen atoms in total. The Morgan fingerprint density at radius 1 is 0.864 bits per heavy atom. The maximum absolute atomic E-state index is 13.8. The van der Waals surface area contributed by atoms with Gasteiger partial charge in [-0.3, -0.25) is 14.3 Å². The summed E-state index contributed by atoms with van der Waals surface area (Å²) in [5.74, 6) is 1.99. The number of benzene rings is 4. The number of hydrogen-bond acceptors (Lipinski definition) is 12. The zero-order chi connectivity index (χ0) is 41.3. The highest BCUT2D eigenvalue weighted by molar-refractivity contribution is 5.83. The van der Waals surface area contributed by atoms with Crippen molar-refractivity contribution < 1.29 is 33.6 Å². The van der Waals surface area contributed by atoms with Crippen molar-refractivity contribution in [1.29, 1.82) is 0 Å². The number of piperidine rings is 1. The smallest absolute Gasteiger partial charge is 0.320 e. The summed E-state index contributed by atoms with van der Waals surface area (Å²) in [7, 11) is 4.85. The van der Waals surface area contributed by atoms with E-state index in [0.29, 0.717) is 49.2 Å². The van der Waals surface area contributed by atoms with Crippen LogP contribution in [0.4, 0.5) is 5.82 Å². The highest BCUT2D eigenvalue weighted by Crippen LogP contribution is 2.37. The van der Waals surface area contributed by atoms with Crippen LogP contribution >= 0.6 is 0 Å². The van der Waals surface area contributed by atoms with Crippen LogP contribution in [0.25, 0.3) is 22.3 Å². The van der Waals surface area contributed by atoms with Gasteiger partial charge in [-0.15, -0.1) is 0 Å². The molecule has 1 aliphatic rings. The van der Waals surface area contributed by atoms with Gasteiger partial charge in [0, 0.05) is 32.3 Å². The number of nitrogens with zero attached hydrogens (tertiary/aromatic N) is 5. The van der Waals surface area contributed by atoms with Crippen molar-refractivity contribution in [2.75, 3.05) is 46.8 Å². The third-order valence-corrected chi connectivity index (χ3v) is 10.7. The molecule has 1 atom stereocenters. The van der Waals surface area contributed by atoms with Crippen molar-refractivity contribution in [2.45, 2.75) is 58.5 Å². The number of nitrogen functional groups attached to an aromatic ring is 1. The van der Waals surface area contributed by atoms with Crippen LogP contribution in [-0.2, 0) is 35.8 Å². The van der Waals surface area contributed by atoms with Gasteiger partial charge in [0.1, 0.15) is 30.5 Å². The van der Waals surface area contributed by atoms with E-state index in [1.165, 1.54) is 16.7 Å². The summed E-state index contributed by atoms with van der Waals surface area (Å²) in [6.45, 7) is 5.00. The van der Waals surface area contributed by atoms with Crippen molar-refractivity contribution in [3.63, 3.8) is 0 Å². The molecule has 0 radical (unpaired) electrons. The summed E-state index contributed by atoms with van der Waals surface area (Å²) in [5, 5.41) is 13.8. The van der Waals surface area contributed by atoms with Crippen LogP contribution in [0.5, 0.6) is 29.3 Å². The first kappa shape index (κ1) is 40.8. The van der Waals surface area contributed by atoms with E-state index in [-0.39, 0.29) is 48.5 Å². The largest absolute Gasteiger partial charge is 0.496 e. The molecule has 1 saturated heterocycles. The number of likely N-dealkylation sites (tertiary alicyclic amines) is 1. The Morgan fingerprint density at radius 3 is 2.34 bits per heavy atom. The number of aromatic nitrogens is 4. The molecule has 0 bridgehead atoms. The minimum absolute atomic E-state index is 0.0321. The van der Waals surface area contributed by atoms with E-state index in [1.807, 2.05) is 54.6 Å². The highest BCUT2D eigenvalue weighted by atomic mass is 16.5. The predicted octanol–water partition coefficient (Wildman–Crippen LogP) is 6.43. The van der Waals surface area contributed by atoms with Crippen LogP contribution in [-0.4, -0.2) is 82.6 Å². The van der Waals surface area contributed by atoms with Gasteiger partial charge in [0.15, 0.2) is 17.0 Å². The second kappa shape index (κ2) is 18.9. The zero-order valence-corrected chi connectivity index (χ0v) is 33.9. The molecule has 0 spiro atoms. The molecule has 2 aromatic heterocycles. The summed E-state index contributed by atoms with van der Waals surface area (Å²) >= 11 is 0. The van der Waals surface area contributed by atoms with Gasteiger partial charge in [-0.25, -0.2) is 0 Å². The Hall–Kier alpha value is -6.38. The summed E-state index contributed by atoms with van der Waals surface area (Å²) in [4.78, 5) is 28.7. The topological polar surface area (TPSA) is 168 Å². The number of nitrogens with one attached hydrogen (secondary N) is 1. The molecule has 1 amide bonds. The van der Waals surface area contributed by atoms with Crippen LogP contribution in [0.2, 0.25) is 0 Å². The summed E-state index contributed by atoms with van der Waals surface area (Å²) in [5.41, 5.74) is 14.0. The number of ether oxygens (including phenoxy) is 5. The molecule has 14 heteroatoms. The van der Waals surface area contributed by atoms with E-state index in [9.17, 15) is 9.90 Å². The molecule has 3 heterocycles. The van der Waals surface area contributed by atoms with Crippen LogP contribution in [0, 0.1) is 6.92 Å². The van der Waals surface area contributed by atoms with Crippen LogP contribution in [0.1, 0.15) is 47.1 Å². The van der Waals surface area contributed by atoms with Crippen molar-refractivity contribution in [2.24, 2.45) is 0 Å². The van der Waals surface area contributed by atoms with E-state index in [0.717, 1.165) is 48.1 Å². The minimum Gasteiger partial charge on any atom is -0.496 e. The fraction of sp³-hybridized carbons (Fsp3) is 0.333. The lowest BCUT2D eigenvalue weighted by molar-refractivity contribution is -0.128. The third kappa shape index (κ3) is 9.51. The summed E-state index contributed by atoms with van der Waals surface area (Å²) in [6, 6.07) is 27.7. The number of carbonyl (C=O) groups excluding carboxylic acids is 1. The lowest BCUT2D eigenvalue weighted by Gasteiger charge is -2.35. The van der Waals surface area contributed by atoms with Crippen molar-refractivity contribution in [3.05, 3.63) is 113 Å². The summed E-state index contributed by atoms with van der Waals surface area (Å²) in [6.07, 6.45) is 2.69. The molecule has 1 aliphatic heterocycles. The molecule has 0 unspecified atom stereocenters. The van der Waals surface area contributed by atoms with E-state index >= 15 is 0 Å². The van der Waals surface area contributed by atoms with E-state index in [2.05, 4.69) is 62.4 Å². The van der Waals surface area contributed by atoms with E-state index in [1.54, 1.807) is 25.9 Å². The fourth-order valence-corrected chi connectivity index (χ4v) is 7.48. The molecule has 308 valence electrons. The van der Waals surface area contributed by atoms with Gasteiger partial charge >= 0.3 is 6.01 Å². The number of nitrogens with two attached hydrogens (primary N) is 1. The van der Waals surface area contributed by atoms with Gasteiger partial charge in [-0.2, -0.15) is 15.0 Å². The fourth-order valence-electron chi connectivity index (χ4n) is 7.48. The monoisotopic (exact) mass is 801 g/mol. The molecule has 7 rings (SSSR count). The number of hydrogen-bond donors (Lipinski definition) is 3. The quantitative estimate of drug-likeness (QED) is 0.0867. The maximum Gasteiger partial charge on any atom is 0.320 e. The van der Waals surface area contributed by atoms with Crippen molar-refractivity contribution in [1.82, 2.24) is 29.7 Å². The van der Waals surface area contributed by atoms with Crippen molar-refractivity contribution in [3.8, 4) is 40.4 Å². The molecular formula is C45H51N7O7. The molecule has 4 aromatic carbocycles. The van der Waals surface area contributed by atoms with Crippen LogP contribution < -0.4 is 30.0 Å². The Labute approximate surface area is 343 Å². The first-order valence-electron chi connectivity index (χ1n) is 19.7. The molecule has 59 heavy (non-hydrogen) atoms. The van der Waals surface area contributed by atoms with E-state index in [4.69, 9.17) is 29.4 Å². The number of methoxy groups -OCH3 is 3. The highest BCUT2D eigenvalue weighted by Gasteiger charge is 2.30. The van der Waals surface area contributed by atoms with Gasteiger partial charge in [-0.05, 0) is 59.7 Å². The second-order valence-corrected chi connectivity index (χ2v) is 14.5. The first-order chi connectivity index (χ1) is 28.8. The normalized spacial score (nSPS) is 14.3. The molecule has 1 fully saturated rings. The predicted molar refractivity (Wildman–Crippen MR) is 225 cm³/mol. The Morgan fingerprint density at radius 2 is 1.61 bits per heavy atom. The first-order valence-corrected chi connectivity index (χ1v) is 19.7. The van der Waals surface area contributed by atoms with Gasteiger partial charge in [0.25, 0.3) is 6.01 Å². The van der Waals surface area contributed by atoms with Gasteiger partial charge < -0.3 is 39.8 Å². The molecule has 4 N–H and O–H groups in total. The number of imidazole rings is 1. The van der Waals surface area contributed by atoms with Crippen molar-refractivity contribution >= 4 is 22.9 Å². The zero-order valence-electron chi connectivity index (χ0n) is 33.9. The van der Waals surface area contributed by atoms with Gasteiger partial charge in [0.05, 0.1) is 39.0 Å². The SMILES string of the molecule is COCCOc1nc(N)c2nc(O)n(Cc3ccc(CNC(=O)[C@@H]4CCCCN4Cc4c(OC)cc(OCc5cccc(-c6ccccc6)c5C)cc4OC)cc3)c2n1. The Balaban J connectivity index is 0.985. The Kier molecular flexibility index (Phi) is 13.1. The standard InChI is InChI=1S/C45H51N7O7/c1-29-33(13-10-14-35(29)32-11-6-5-7-12-32)28-59-34-23-38(56-3)36(39(24-34)57-4)27-51-20-9-8-15-37(51)43(53)47-25-30-16-18-31(19-17-30)26-52-42-40(48-45(52)54)41(46)49-44(50-42)58-22-21-55-2/h5-7,10-14,16-19,23-24,37H,8-9,15,20-22,25-28H2,1-4H3,(H,47,53)(H,48,54)(H2,46,49,50)/t37-/m0/s1. The van der Waals surface area contributed by atoms with Gasteiger partial charge in [-0.1, -0.05) is 79.2 Å². The lowest BCUT2D eigenvalue weighted by atomic mass is 9.97. The van der Waals surface area contributed by atoms with Crippen LogP contribution in [0.3, 0.4) is 0 Å². The molecule has 6 aromatic rings. The average Bonchev–Trinajstić information content (AvgIpc) is 3.58. The number of amides is 1. The third-order valence-electron chi connectivity index (χ3n) is 10.7. The van der Waals surface area contributed by atoms with Gasteiger partial charge in [0.2, 0.25) is 5.91 Å².